The molecule has 0 aromatic heterocycles. The van der Waals surface area contributed by atoms with Gasteiger partial charge >= 0.3 is 0 Å². The molecule has 0 amide bonds. The predicted octanol–water partition coefficient (Wildman–Crippen LogP) is 4.00. The molecule has 1 aliphatic heterocycles. The Morgan fingerprint density at radius 3 is 2.64 bits per heavy atom. The van der Waals surface area contributed by atoms with Crippen LogP contribution in [0.3, 0.4) is 0 Å². The summed E-state index contributed by atoms with van der Waals surface area (Å²) < 4.78 is 0. The van der Waals surface area contributed by atoms with Crippen LogP contribution in [0.2, 0.25) is 0 Å². The third-order valence-corrected chi connectivity index (χ3v) is 4.15. The first-order valence-corrected chi connectivity index (χ1v) is 6.51. The Balaban J connectivity index is 0.00000169. The summed E-state index contributed by atoms with van der Waals surface area (Å²) in [6.45, 7) is 3.56. The molecule has 1 rings (SSSR count). The van der Waals surface area contributed by atoms with Gasteiger partial charge in [0.05, 0.1) is 0 Å². The first-order chi connectivity index (χ1) is 6.25. The van der Waals surface area contributed by atoms with Crippen LogP contribution >= 0.6 is 32.9 Å². The quantitative estimate of drug-likeness (QED) is 0.544. The Hall–Kier alpha value is 0.920. The van der Waals surface area contributed by atoms with E-state index >= 15 is 0 Å². The zero-order chi connectivity index (χ0) is 9.68. The third kappa shape index (κ3) is 4.63. The molecule has 14 heavy (non-hydrogen) atoms. The Morgan fingerprint density at radius 2 is 2.14 bits per heavy atom. The molecule has 0 aromatic carbocycles. The summed E-state index contributed by atoms with van der Waals surface area (Å²) in [5.74, 6) is 0. The van der Waals surface area contributed by atoms with Crippen molar-refractivity contribution in [3.05, 3.63) is 0 Å². The van der Waals surface area contributed by atoms with E-state index in [1.165, 1.54) is 45.1 Å². The zero-order valence-electron chi connectivity index (χ0n) is 9.34. The van der Waals surface area contributed by atoms with Gasteiger partial charge in [0.25, 0.3) is 0 Å². The maximum absolute atomic E-state index is 3.83. The Kier molecular flexibility index (Phi) is 8.65. The van der Waals surface area contributed by atoms with Gasteiger partial charge in [0.2, 0.25) is 0 Å². The highest BCUT2D eigenvalue weighted by molar-refractivity contribution is 9.09. The minimum Gasteiger partial charge on any atom is -0.302 e. The standard InChI is InChI=1S/C11H22BrN.BrH/c1-3-4-5-7-10(12)11-8-6-9-13(11)2;/h10-11H,3-9H2,1-2H3;1H. The second-order valence-electron chi connectivity index (χ2n) is 4.20. The van der Waals surface area contributed by atoms with E-state index in [0.29, 0.717) is 0 Å². The molecule has 0 spiro atoms. The van der Waals surface area contributed by atoms with E-state index < -0.39 is 0 Å². The average Bonchev–Trinajstić information content (AvgIpc) is 2.52. The number of nitrogens with zero attached hydrogens (tertiary/aromatic N) is 1. The summed E-state index contributed by atoms with van der Waals surface area (Å²) in [4.78, 5) is 3.23. The van der Waals surface area contributed by atoms with Crippen LogP contribution in [0.5, 0.6) is 0 Å². The SMILES string of the molecule is Br.CCCCCC(Br)C1CCCN1C. The molecular weight excluding hydrogens is 306 g/mol. The van der Waals surface area contributed by atoms with Gasteiger partial charge in [-0.05, 0) is 32.9 Å². The number of unbranched alkanes of at least 4 members (excludes halogenated alkanes) is 2. The molecule has 0 saturated carbocycles. The second-order valence-corrected chi connectivity index (χ2v) is 5.38. The van der Waals surface area contributed by atoms with Crippen LogP contribution in [-0.2, 0) is 0 Å². The van der Waals surface area contributed by atoms with Gasteiger partial charge in [-0.3, -0.25) is 0 Å². The van der Waals surface area contributed by atoms with Crippen molar-refractivity contribution in [2.75, 3.05) is 13.6 Å². The molecular formula is C11H23Br2N. The van der Waals surface area contributed by atoms with Crippen molar-refractivity contribution in [2.45, 2.75) is 56.3 Å². The number of likely N-dealkylation sites (tertiary alicyclic amines) is 1. The Labute approximate surface area is 108 Å². The van der Waals surface area contributed by atoms with Crippen LogP contribution in [0.1, 0.15) is 45.4 Å². The molecule has 0 aliphatic carbocycles. The monoisotopic (exact) mass is 327 g/mol. The van der Waals surface area contributed by atoms with Gasteiger partial charge in [-0.25, -0.2) is 0 Å². The summed E-state index contributed by atoms with van der Waals surface area (Å²) in [6, 6.07) is 0.803. The first-order valence-electron chi connectivity index (χ1n) is 5.60. The van der Waals surface area contributed by atoms with Crippen molar-refractivity contribution < 1.29 is 0 Å². The highest BCUT2D eigenvalue weighted by Gasteiger charge is 2.26. The maximum atomic E-state index is 3.83. The minimum atomic E-state index is 0. The van der Waals surface area contributed by atoms with Gasteiger partial charge < -0.3 is 4.90 Å². The van der Waals surface area contributed by atoms with Gasteiger partial charge in [-0.15, -0.1) is 17.0 Å². The van der Waals surface area contributed by atoms with Crippen molar-refractivity contribution in [3.8, 4) is 0 Å². The van der Waals surface area contributed by atoms with Crippen LogP contribution in [0, 0.1) is 0 Å². The van der Waals surface area contributed by atoms with Crippen LogP contribution in [0.25, 0.3) is 0 Å². The van der Waals surface area contributed by atoms with Gasteiger partial charge in [0, 0.05) is 10.9 Å². The van der Waals surface area contributed by atoms with E-state index in [-0.39, 0.29) is 17.0 Å². The van der Waals surface area contributed by atoms with E-state index in [4.69, 9.17) is 0 Å². The van der Waals surface area contributed by atoms with E-state index in [0.717, 1.165) is 10.9 Å². The van der Waals surface area contributed by atoms with Gasteiger partial charge in [-0.2, -0.15) is 0 Å². The summed E-state index contributed by atoms with van der Waals surface area (Å²) >= 11 is 3.83. The lowest BCUT2D eigenvalue weighted by Gasteiger charge is -2.24. The van der Waals surface area contributed by atoms with E-state index in [2.05, 4.69) is 34.8 Å². The lowest BCUT2D eigenvalue weighted by molar-refractivity contribution is 0.299. The smallest absolute Gasteiger partial charge is 0.0301 e. The van der Waals surface area contributed by atoms with Crippen molar-refractivity contribution in [1.82, 2.24) is 4.90 Å². The van der Waals surface area contributed by atoms with Gasteiger partial charge in [0.1, 0.15) is 0 Å². The fourth-order valence-electron chi connectivity index (χ4n) is 2.17. The van der Waals surface area contributed by atoms with Crippen LogP contribution in [0.4, 0.5) is 0 Å². The molecule has 86 valence electrons. The zero-order valence-corrected chi connectivity index (χ0v) is 12.6. The number of halogens is 2. The molecule has 0 aromatic rings. The second kappa shape index (κ2) is 8.12. The van der Waals surface area contributed by atoms with E-state index in [9.17, 15) is 0 Å². The molecule has 2 atom stereocenters. The molecule has 0 N–H and O–H groups in total. The number of alkyl halides is 1. The lowest BCUT2D eigenvalue weighted by Crippen LogP contribution is -2.32. The predicted molar refractivity (Wildman–Crippen MR) is 72.8 cm³/mol. The lowest BCUT2D eigenvalue weighted by atomic mass is 10.1. The van der Waals surface area contributed by atoms with E-state index in [1.807, 2.05) is 0 Å². The minimum absolute atomic E-state index is 0. The molecule has 1 nitrogen and oxygen atoms in total. The first kappa shape index (κ1) is 14.9. The molecule has 2 unspecified atom stereocenters. The number of rotatable bonds is 5. The van der Waals surface area contributed by atoms with E-state index in [1.54, 1.807) is 0 Å². The summed E-state index contributed by atoms with van der Waals surface area (Å²) in [5.41, 5.74) is 0. The van der Waals surface area contributed by atoms with Gasteiger partial charge in [0.15, 0.2) is 0 Å². The van der Waals surface area contributed by atoms with Crippen molar-refractivity contribution >= 4 is 32.9 Å². The summed E-state index contributed by atoms with van der Waals surface area (Å²) in [7, 11) is 2.26. The normalized spacial score (nSPS) is 24.6. The average molecular weight is 329 g/mol. The van der Waals surface area contributed by atoms with Crippen molar-refractivity contribution in [1.29, 1.82) is 0 Å². The number of hydrogen-bond acceptors (Lipinski definition) is 1. The molecule has 0 bridgehead atoms. The molecule has 1 aliphatic rings. The largest absolute Gasteiger partial charge is 0.302 e. The topological polar surface area (TPSA) is 3.24 Å². The molecule has 3 heteroatoms. The van der Waals surface area contributed by atoms with Crippen LogP contribution in [0.15, 0.2) is 0 Å². The molecule has 1 saturated heterocycles. The summed E-state index contributed by atoms with van der Waals surface area (Å²) in [6.07, 6.45) is 8.23. The summed E-state index contributed by atoms with van der Waals surface area (Å²) in [5, 5.41) is 0. The third-order valence-electron chi connectivity index (χ3n) is 3.08. The van der Waals surface area contributed by atoms with Gasteiger partial charge in [-0.1, -0.05) is 42.1 Å². The van der Waals surface area contributed by atoms with Crippen molar-refractivity contribution in [2.24, 2.45) is 0 Å². The Morgan fingerprint density at radius 1 is 1.43 bits per heavy atom. The molecule has 1 fully saturated rings. The van der Waals surface area contributed by atoms with Crippen molar-refractivity contribution in [3.63, 3.8) is 0 Å². The number of hydrogen-bond donors (Lipinski definition) is 0. The molecule has 1 heterocycles. The Bertz CT molecular complexity index is 141. The maximum Gasteiger partial charge on any atom is 0.0301 e. The molecule has 0 radical (unpaired) electrons. The fraction of sp³-hybridized carbons (Fsp3) is 1.00. The van der Waals surface area contributed by atoms with Crippen LogP contribution < -0.4 is 0 Å². The highest BCUT2D eigenvalue weighted by atomic mass is 79.9. The fourth-order valence-corrected chi connectivity index (χ4v) is 3.17. The van der Waals surface area contributed by atoms with Crippen LogP contribution in [-0.4, -0.2) is 29.4 Å². The highest BCUT2D eigenvalue weighted by Crippen LogP contribution is 2.26.